The lowest BCUT2D eigenvalue weighted by Gasteiger charge is -2.15. The molecule has 0 amide bonds. The van der Waals surface area contributed by atoms with Gasteiger partial charge >= 0.3 is 0 Å². The summed E-state index contributed by atoms with van der Waals surface area (Å²) in [5.41, 5.74) is 1.58. The van der Waals surface area contributed by atoms with Gasteiger partial charge in [-0.15, -0.1) is 0 Å². The lowest BCUT2D eigenvalue weighted by atomic mass is 10.1. The van der Waals surface area contributed by atoms with Crippen molar-refractivity contribution in [3.8, 4) is 11.8 Å². The van der Waals surface area contributed by atoms with Crippen molar-refractivity contribution in [3.05, 3.63) is 36.4 Å². The third-order valence-corrected chi connectivity index (χ3v) is 2.03. The number of ether oxygens (including phenoxy) is 1. The molecule has 0 spiro atoms. The van der Waals surface area contributed by atoms with Crippen molar-refractivity contribution in [3.63, 3.8) is 0 Å². The van der Waals surface area contributed by atoms with Crippen molar-refractivity contribution in [2.75, 3.05) is 12.4 Å². The lowest BCUT2D eigenvalue weighted by Crippen LogP contribution is -2.18. The van der Waals surface area contributed by atoms with Gasteiger partial charge in [0.2, 0.25) is 0 Å². The Kier molecular flexibility index (Phi) is 3.75. The predicted octanol–water partition coefficient (Wildman–Crippen LogP) is 2.58. The van der Waals surface area contributed by atoms with Crippen LogP contribution >= 0.6 is 0 Å². The molecule has 0 saturated carbocycles. The monoisotopic (exact) mass is 202 g/mol. The molecular weight excluding hydrogens is 188 g/mol. The molecule has 0 saturated heterocycles. The van der Waals surface area contributed by atoms with E-state index in [1.165, 1.54) is 0 Å². The van der Waals surface area contributed by atoms with Crippen molar-refractivity contribution in [1.82, 2.24) is 0 Å². The maximum Gasteiger partial charge on any atom is 0.141 e. The average Bonchev–Trinajstić information content (AvgIpc) is 2.25. The van der Waals surface area contributed by atoms with Gasteiger partial charge in [0, 0.05) is 0 Å². The molecule has 0 radical (unpaired) electrons. The van der Waals surface area contributed by atoms with Gasteiger partial charge in [-0.1, -0.05) is 18.7 Å². The van der Waals surface area contributed by atoms with Gasteiger partial charge in [-0.2, -0.15) is 5.26 Å². The van der Waals surface area contributed by atoms with E-state index in [2.05, 4.69) is 18.0 Å². The zero-order valence-corrected chi connectivity index (χ0v) is 8.95. The Labute approximate surface area is 90.0 Å². The number of hydrogen-bond acceptors (Lipinski definition) is 3. The van der Waals surface area contributed by atoms with Gasteiger partial charge in [0.05, 0.1) is 18.9 Å². The molecule has 0 heterocycles. The first kappa shape index (κ1) is 11.1. The number of para-hydroxylation sites is 2. The minimum Gasteiger partial charge on any atom is -0.495 e. The fourth-order valence-corrected chi connectivity index (χ4v) is 1.19. The second-order valence-electron chi connectivity index (χ2n) is 3.25. The minimum atomic E-state index is -0.388. The van der Waals surface area contributed by atoms with Crippen molar-refractivity contribution in [2.24, 2.45) is 0 Å². The number of rotatable bonds is 4. The molecule has 3 nitrogen and oxygen atoms in total. The van der Waals surface area contributed by atoms with Crippen LogP contribution in [0.25, 0.3) is 0 Å². The van der Waals surface area contributed by atoms with Crippen LogP contribution in [-0.2, 0) is 0 Å². The molecule has 0 aromatic heterocycles. The van der Waals surface area contributed by atoms with Crippen LogP contribution in [0.1, 0.15) is 6.92 Å². The lowest BCUT2D eigenvalue weighted by molar-refractivity contribution is 0.416. The van der Waals surface area contributed by atoms with E-state index in [4.69, 9.17) is 10.00 Å². The van der Waals surface area contributed by atoms with E-state index < -0.39 is 0 Å². The Hall–Kier alpha value is -1.95. The molecular formula is C12H14N2O. The first-order valence-corrected chi connectivity index (χ1v) is 4.63. The Bertz CT molecular complexity index is 393. The van der Waals surface area contributed by atoms with Gasteiger partial charge in [-0.25, -0.2) is 0 Å². The first-order chi connectivity index (χ1) is 7.19. The Morgan fingerprint density at radius 1 is 1.53 bits per heavy atom. The maximum atomic E-state index is 8.91. The minimum absolute atomic E-state index is 0.388. The van der Waals surface area contributed by atoms with Crippen molar-refractivity contribution >= 4 is 5.69 Å². The zero-order chi connectivity index (χ0) is 11.3. The van der Waals surface area contributed by atoms with Crippen LogP contribution < -0.4 is 10.1 Å². The standard InChI is InChI=1S/C12H14N2O/c1-9(2)11(8-13)14-10-6-4-5-7-12(10)15-3/h4-7,11,14H,1H2,2-3H3. The molecule has 0 aliphatic carbocycles. The van der Waals surface area contributed by atoms with Gasteiger partial charge in [-0.05, 0) is 24.6 Å². The summed E-state index contributed by atoms with van der Waals surface area (Å²) >= 11 is 0. The van der Waals surface area contributed by atoms with Gasteiger partial charge in [0.15, 0.2) is 0 Å². The van der Waals surface area contributed by atoms with Crippen LogP contribution in [0, 0.1) is 11.3 Å². The van der Waals surface area contributed by atoms with Crippen molar-refractivity contribution in [1.29, 1.82) is 5.26 Å². The summed E-state index contributed by atoms with van der Waals surface area (Å²) < 4.78 is 5.17. The number of methoxy groups -OCH3 is 1. The van der Waals surface area contributed by atoms with Crippen LogP contribution in [0.3, 0.4) is 0 Å². The number of hydrogen-bond donors (Lipinski definition) is 1. The Morgan fingerprint density at radius 3 is 2.73 bits per heavy atom. The van der Waals surface area contributed by atoms with E-state index in [1.54, 1.807) is 7.11 Å². The van der Waals surface area contributed by atoms with E-state index in [0.717, 1.165) is 17.0 Å². The highest BCUT2D eigenvalue weighted by molar-refractivity contribution is 5.58. The molecule has 15 heavy (non-hydrogen) atoms. The highest BCUT2D eigenvalue weighted by Gasteiger charge is 2.09. The second kappa shape index (κ2) is 5.06. The highest BCUT2D eigenvalue weighted by Crippen LogP contribution is 2.24. The topological polar surface area (TPSA) is 45.0 Å². The van der Waals surface area contributed by atoms with Crippen LogP contribution in [0.15, 0.2) is 36.4 Å². The summed E-state index contributed by atoms with van der Waals surface area (Å²) in [4.78, 5) is 0. The molecule has 0 bridgehead atoms. The van der Waals surface area contributed by atoms with Gasteiger partial charge in [0.25, 0.3) is 0 Å². The van der Waals surface area contributed by atoms with Crippen LogP contribution in [0.2, 0.25) is 0 Å². The third-order valence-electron chi connectivity index (χ3n) is 2.03. The third kappa shape index (κ3) is 2.75. The van der Waals surface area contributed by atoms with Crippen LogP contribution in [-0.4, -0.2) is 13.2 Å². The van der Waals surface area contributed by atoms with E-state index in [-0.39, 0.29) is 6.04 Å². The summed E-state index contributed by atoms with van der Waals surface area (Å²) in [5, 5.41) is 12.0. The van der Waals surface area contributed by atoms with E-state index in [9.17, 15) is 0 Å². The van der Waals surface area contributed by atoms with Gasteiger partial charge in [0.1, 0.15) is 11.8 Å². The number of nitrogens with one attached hydrogen (secondary N) is 1. The largest absolute Gasteiger partial charge is 0.495 e. The molecule has 1 aromatic carbocycles. The molecule has 0 aliphatic rings. The molecule has 3 heteroatoms. The summed E-state index contributed by atoms with van der Waals surface area (Å²) in [6.45, 7) is 5.57. The maximum absolute atomic E-state index is 8.91. The number of nitrogens with zero attached hydrogens (tertiary/aromatic N) is 1. The van der Waals surface area contributed by atoms with Crippen molar-refractivity contribution in [2.45, 2.75) is 13.0 Å². The Morgan fingerprint density at radius 2 is 2.20 bits per heavy atom. The van der Waals surface area contributed by atoms with E-state index in [1.807, 2.05) is 31.2 Å². The predicted molar refractivity (Wildman–Crippen MR) is 60.8 cm³/mol. The van der Waals surface area contributed by atoms with Crippen molar-refractivity contribution < 1.29 is 4.74 Å². The molecule has 0 fully saturated rings. The van der Waals surface area contributed by atoms with E-state index >= 15 is 0 Å². The normalized spacial score (nSPS) is 11.3. The summed E-state index contributed by atoms with van der Waals surface area (Å²) in [5.74, 6) is 0.721. The smallest absolute Gasteiger partial charge is 0.141 e. The van der Waals surface area contributed by atoms with Gasteiger partial charge < -0.3 is 10.1 Å². The SMILES string of the molecule is C=C(C)C(C#N)Nc1ccccc1OC. The molecule has 1 aromatic rings. The quantitative estimate of drug-likeness (QED) is 0.763. The van der Waals surface area contributed by atoms with E-state index in [0.29, 0.717) is 0 Å². The highest BCUT2D eigenvalue weighted by atomic mass is 16.5. The van der Waals surface area contributed by atoms with Gasteiger partial charge in [-0.3, -0.25) is 0 Å². The number of benzene rings is 1. The summed E-state index contributed by atoms with van der Waals surface area (Å²) in [6, 6.07) is 9.22. The molecule has 78 valence electrons. The molecule has 1 unspecified atom stereocenters. The number of anilines is 1. The van der Waals surface area contributed by atoms with Crippen LogP contribution in [0.4, 0.5) is 5.69 Å². The molecule has 1 N–H and O–H groups in total. The second-order valence-corrected chi connectivity index (χ2v) is 3.25. The molecule has 1 rings (SSSR count). The molecule has 0 aliphatic heterocycles. The number of nitriles is 1. The fourth-order valence-electron chi connectivity index (χ4n) is 1.19. The first-order valence-electron chi connectivity index (χ1n) is 4.63. The fraction of sp³-hybridized carbons (Fsp3) is 0.250. The van der Waals surface area contributed by atoms with Crippen LogP contribution in [0.5, 0.6) is 5.75 Å². The summed E-state index contributed by atoms with van der Waals surface area (Å²) in [7, 11) is 1.60. The molecule has 1 atom stereocenters. The Balaban J connectivity index is 2.89. The average molecular weight is 202 g/mol. The zero-order valence-electron chi connectivity index (χ0n) is 8.95. The summed E-state index contributed by atoms with van der Waals surface area (Å²) in [6.07, 6.45) is 0.